The maximum absolute atomic E-state index is 11.2. The van der Waals surface area contributed by atoms with E-state index in [1.807, 2.05) is 0 Å². The van der Waals surface area contributed by atoms with Gasteiger partial charge in [0.25, 0.3) is 5.56 Å². The van der Waals surface area contributed by atoms with Crippen LogP contribution >= 0.6 is 0 Å². The number of H-pyrrole nitrogens is 1. The molecule has 0 radical (unpaired) electrons. The van der Waals surface area contributed by atoms with E-state index in [1.165, 1.54) is 11.6 Å². The average Bonchev–Trinajstić information content (AvgIpc) is 2.44. The lowest BCUT2D eigenvalue weighted by molar-refractivity contribution is 0.101. The molecule has 1 aromatic heterocycles. The Morgan fingerprint density at radius 3 is 2.69 bits per heavy atom. The first kappa shape index (κ1) is 7.78. The number of rotatable bonds is 0. The lowest BCUT2D eigenvalue weighted by atomic mass is 10.2. The monoisotopic (exact) mass is 181 g/mol. The SMILES string of the molecule is Cn1c2c(c(=O)[nH]c1=O)C(=O)CN2. The molecule has 13 heavy (non-hydrogen) atoms. The minimum atomic E-state index is -0.617. The van der Waals surface area contributed by atoms with Gasteiger partial charge in [0.15, 0.2) is 5.78 Å². The fourth-order valence-corrected chi connectivity index (χ4v) is 1.34. The van der Waals surface area contributed by atoms with Crippen LogP contribution in [0.2, 0.25) is 0 Å². The number of carbonyl (C=O) groups is 1. The summed E-state index contributed by atoms with van der Waals surface area (Å²) < 4.78 is 1.21. The summed E-state index contributed by atoms with van der Waals surface area (Å²) in [6.07, 6.45) is 0. The van der Waals surface area contributed by atoms with Gasteiger partial charge in [0, 0.05) is 7.05 Å². The van der Waals surface area contributed by atoms with Crippen molar-refractivity contribution in [3.8, 4) is 0 Å². The van der Waals surface area contributed by atoms with Crippen LogP contribution in [-0.4, -0.2) is 21.9 Å². The van der Waals surface area contributed by atoms with E-state index >= 15 is 0 Å². The molecule has 0 unspecified atom stereocenters. The first-order valence-corrected chi connectivity index (χ1v) is 3.71. The van der Waals surface area contributed by atoms with E-state index in [2.05, 4.69) is 10.3 Å². The van der Waals surface area contributed by atoms with E-state index in [4.69, 9.17) is 0 Å². The molecule has 0 fully saturated rings. The molecule has 1 aliphatic rings. The number of anilines is 1. The Hall–Kier alpha value is -1.85. The van der Waals surface area contributed by atoms with Gasteiger partial charge in [-0.15, -0.1) is 0 Å². The fourth-order valence-electron chi connectivity index (χ4n) is 1.34. The van der Waals surface area contributed by atoms with Crippen LogP contribution in [0.1, 0.15) is 10.4 Å². The molecule has 6 heteroatoms. The summed E-state index contributed by atoms with van der Waals surface area (Å²) in [5.74, 6) is 0.0191. The topological polar surface area (TPSA) is 84.0 Å². The van der Waals surface area contributed by atoms with Gasteiger partial charge in [-0.25, -0.2) is 4.79 Å². The van der Waals surface area contributed by atoms with Crippen molar-refractivity contribution in [2.24, 2.45) is 7.05 Å². The molecule has 0 saturated heterocycles. The van der Waals surface area contributed by atoms with Crippen LogP contribution in [0.5, 0.6) is 0 Å². The molecule has 2 rings (SSSR count). The molecule has 1 aromatic rings. The van der Waals surface area contributed by atoms with Crippen molar-refractivity contribution >= 4 is 11.6 Å². The number of hydrogen-bond acceptors (Lipinski definition) is 4. The molecule has 0 saturated carbocycles. The number of aromatic amines is 1. The maximum Gasteiger partial charge on any atom is 0.329 e. The van der Waals surface area contributed by atoms with E-state index in [1.54, 1.807) is 0 Å². The summed E-state index contributed by atoms with van der Waals surface area (Å²) in [4.78, 5) is 35.4. The summed E-state index contributed by atoms with van der Waals surface area (Å²) in [5.41, 5.74) is -1.10. The number of nitrogens with zero attached hydrogens (tertiary/aromatic N) is 1. The Kier molecular flexibility index (Phi) is 1.39. The van der Waals surface area contributed by atoms with Crippen molar-refractivity contribution in [3.05, 3.63) is 26.4 Å². The molecule has 0 aromatic carbocycles. The predicted octanol–water partition coefficient (Wildman–Crippen LogP) is -1.32. The third-order valence-electron chi connectivity index (χ3n) is 2.02. The molecular weight excluding hydrogens is 174 g/mol. The second kappa shape index (κ2) is 2.32. The van der Waals surface area contributed by atoms with Gasteiger partial charge in [-0.05, 0) is 0 Å². The van der Waals surface area contributed by atoms with Crippen molar-refractivity contribution in [1.82, 2.24) is 9.55 Å². The summed E-state index contributed by atoms with van der Waals surface area (Å²) >= 11 is 0. The molecule has 2 N–H and O–H groups in total. The largest absolute Gasteiger partial charge is 0.363 e. The van der Waals surface area contributed by atoms with Crippen molar-refractivity contribution in [3.63, 3.8) is 0 Å². The first-order chi connectivity index (χ1) is 6.11. The number of nitrogens with one attached hydrogen (secondary N) is 2. The molecule has 0 bridgehead atoms. The molecule has 0 spiro atoms. The minimum absolute atomic E-state index is 0.0436. The highest BCUT2D eigenvalue weighted by Gasteiger charge is 2.25. The van der Waals surface area contributed by atoms with Crippen LogP contribution in [0.3, 0.4) is 0 Å². The summed E-state index contributed by atoms with van der Waals surface area (Å²) in [5, 5.41) is 2.69. The second-order valence-corrected chi connectivity index (χ2v) is 2.82. The number of Topliss-reactive ketones (excluding diaryl/α,β-unsaturated/α-hetero) is 1. The Labute approximate surface area is 72.2 Å². The van der Waals surface area contributed by atoms with Gasteiger partial charge in [0.05, 0.1) is 6.54 Å². The number of hydrogen-bond donors (Lipinski definition) is 2. The third kappa shape index (κ3) is 0.915. The number of ketones is 1. The smallest absolute Gasteiger partial charge is 0.329 e. The van der Waals surface area contributed by atoms with E-state index in [-0.39, 0.29) is 17.9 Å². The zero-order valence-electron chi connectivity index (χ0n) is 6.88. The third-order valence-corrected chi connectivity index (χ3v) is 2.02. The average molecular weight is 181 g/mol. The minimum Gasteiger partial charge on any atom is -0.363 e. The molecule has 2 heterocycles. The van der Waals surface area contributed by atoms with Crippen LogP contribution in [0, 0.1) is 0 Å². The predicted molar refractivity (Wildman–Crippen MR) is 45.1 cm³/mol. The molecule has 0 atom stereocenters. The highest BCUT2D eigenvalue weighted by Crippen LogP contribution is 2.14. The zero-order valence-corrected chi connectivity index (χ0v) is 6.88. The van der Waals surface area contributed by atoms with Gasteiger partial charge in [-0.2, -0.15) is 0 Å². The van der Waals surface area contributed by atoms with Crippen LogP contribution < -0.4 is 16.6 Å². The van der Waals surface area contributed by atoms with Crippen LogP contribution in [0.25, 0.3) is 0 Å². The number of carbonyl (C=O) groups excluding carboxylic acids is 1. The van der Waals surface area contributed by atoms with Crippen LogP contribution in [0.15, 0.2) is 9.59 Å². The van der Waals surface area contributed by atoms with Gasteiger partial charge < -0.3 is 5.32 Å². The van der Waals surface area contributed by atoms with Gasteiger partial charge in [0.1, 0.15) is 11.4 Å². The van der Waals surface area contributed by atoms with E-state index in [0.717, 1.165) is 0 Å². The number of fused-ring (bicyclic) bond motifs is 1. The highest BCUT2D eigenvalue weighted by molar-refractivity contribution is 6.06. The zero-order chi connectivity index (χ0) is 9.59. The molecule has 68 valence electrons. The van der Waals surface area contributed by atoms with E-state index in [0.29, 0.717) is 5.82 Å². The van der Waals surface area contributed by atoms with Gasteiger partial charge in [-0.3, -0.25) is 19.1 Å². The fraction of sp³-hybridized carbons (Fsp3) is 0.286. The van der Waals surface area contributed by atoms with E-state index in [9.17, 15) is 14.4 Å². The van der Waals surface area contributed by atoms with Gasteiger partial charge in [0.2, 0.25) is 0 Å². The summed E-state index contributed by atoms with van der Waals surface area (Å²) in [7, 11) is 1.49. The normalized spacial score (nSPS) is 14.1. The highest BCUT2D eigenvalue weighted by atomic mass is 16.2. The first-order valence-electron chi connectivity index (χ1n) is 3.71. The molecule has 0 amide bonds. The maximum atomic E-state index is 11.2. The molecule has 6 nitrogen and oxygen atoms in total. The van der Waals surface area contributed by atoms with Crippen molar-refractivity contribution in [1.29, 1.82) is 0 Å². The molecular formula is C7H7N3O3. The standard InChI is InChI=1S/C7H7N3O3/c1-10-5-4(3(11)2-8-5)6(12)9-7(10)13/h8H,2H2,1H3,(H,9,12,13). The molecule has 0 aliphatic carbocycles. The van der Waals surface area contributed by atoms with Gasteiger partial charge in [-0.1, -0.05) is 0 Å². The van der Waals surface area contributed by atoms with Crippen molar-refractivity contribution < 1.29 is 4.79 Å². The molecule has 1 aliphatic heterocycles. The van der Waals surface area contributed by atoms with E-state index < -0.39 is 11.2 Å². The summed E-state index contributed by atoms with van der Waals surface area (Å²) in [6.45, 7) is 0.0791. The second-order valence-electron chi connectivity index (χ2n) is 2.82. The number of aromatic nitrogens is 2. The van der Waals surface area contributed by atoms with Crippen LogP contribution in [0.4, 0.5) is 5.82 Å². The van der Waals surface area contributed by atoms with Crippen molar-refractivity contribution in [2.75, 3.05) is 11.9 Å². The summed E-state index contributed by atoms with van der Waals surface area (Å²) in [6, 6.07) is 0. The van der Waals surface area contributed by atoms with Crippen LogP contribution in [-0.2, 0) is 7.05 Å². The Balaban J connectivity index is 2.92. The quantitative estimate of drug-likeness (QED) is 0.520. The lowest BCUT2D eigenvalue weighted by Gasteiger charge is -2.02. The van der Waals surface area contributed by atoms with Gasteiger partial charge >= 0.3 is 5.69 Å². The Bertz CT molecular complexity index is 497. The lowest BCUT2D eigenvalue weighted by Crippen LogP contribution is -2.31. The Morgan fingerprint density at radius 2 is 2.00 bits per heavy atom. The Morgan fingerprint density at radius 1 is 1.31 bits per heavy atom. The van der Waals surface area contributed by atoms with Crippen molar-refractivity contribution in [2.45, 2.75) is 0 Å².